The monoisotopic (exact) mass is 1060 g/mol. The molecule has 2 aliphatic heterocycles. The third kappa shape index (κ3) is 16.1. The maximum atomic E-state index is 14.0. The summed E-state index contributed by atoms with van der Waals surface area (Å²) in [6.45, 7) is 11.0. The van der Waals surface area contributed by atoms with Crippen molar-refractivity contribution in [3.63, 3.8) is 0 Å². The Morgan fingerprint density at radius 2 is 1.69 bits per heavy atom. The number of benzene rings is 2. The molecule has 0 saturated carbocycles. The molecular formula is C51H72IN5O11. The van der Waals surface area contributed by atoms with E-state index < -0.39 is 78.6 Å². The zero-order chi connectivity index (χ0) is 49.5. The van der Waals surface area contributed by atoms with Crippen LogP contribution in [0.5, 0.6) is 0 Å². The minimum absolute atomic E-state index is 0.0390. The van der Waals surface area contributed by atoms with Crippen LogP contribution in [0.25, 0.3) is 0 Å². The second kappa shape index (κ2) is 26.9. The minimum Gasteiger partial charge on any atom is -0.462 e. The second-order valence-electron chi connectivity index (χ2n) is 18.6. The Balaban J connectivity index is 1.47. The molecule has 17 heteroatoms. The van der Waals surface area contributed by atoms with Crippen LogP contribution in [0.1, 0.15) is 88.3 Å². The van der Waals surface area contributed by atoms with Gasteiger partial charge in [-0.15, -0.1) is 5.10 Å². The molecule has 2 aromatic carbocycles. The molecule has 0 aliphatic carbocycles. The molecule has 0 bridgehead atoms. The molecule has 0 radical (unpaired) electrons. The highest BCUT2D eigenvalue weighted by Gasteiger charge is 2.47. The van der Waals surface area contributed by atoms with E-state index in [-0.39, 0.29) is 31.3 Å². The van der Waals surface area contributed by atoms with Crippen LogP contribution in [0.4, 0.5) is 0 Å². The molecule has 374 valence electrons. The number of nitrogens with zero attached hydrogens (tertiary/aromatic N) is 5. The Morgan fingerprint density at radius 1 is 0.971 bits per heavy atom. The zero-order valence-corrected chi connectivity index (χ0v) is 42.6. The number of esters is 2. The van der Waals surface area contributed by atoms with E-state index in [1.54, 1.807) is 80.1 Å². The predicted octanol–water partition coefficient (Wildman–Crippen LogP) is 5.35. The fourth-order valence-corrected chi connectivity index (χ4v) is 9.49. The average Bonchev–Trinajstić information content (AvgIpc) is 3.78. The average molecular weight is 1060 g/mol. The van der Waals surface area contributed by atoms with Crippen LogP contribution in [0.3, 0.4) is 0 Å². The van der Waals surface area contributed by atoms with Gasteiger partial charge in [-0.3, -0.25) is 19.2 Å². The van der Waals surface area contributed by atoms with Crippen LogP contribution < -0.4 is 0 Å². The summed E-state index contributed by atoms with van der Waals surface area (Å²) in [6, 6.07) is 16.3. The summed E-state index contributed by atoms with van der Waals surface area (Å²) in [4.78, 5) is 44.3. The van der Waals surface area contributed by atoms with E-state index in [0.717, 1.165) is 14.7 Å². The standard InChI is InChI=1S/C51H72IN5O11/c1-8-44-38(21-25-58)26-32(2)14-19-42(59)33(3)27-39(49(34(4)43(60)28-45(61)67-44)68-51-48(63)46(55(6)7)47(62)35(5)66-51)20-22-56(29-36-15-17-40(52)18-16-36)23-24-57-30-41(53-54-57)31-65-50(64)37-12-10-9-11-13-37/h9-19,26,30,33-35,38-39,43-44,46-49,51,58,60,62-63H,8,20-25,27-29,31H2,1-7H3/b19-14+,32-26+/t33-,34+,35-,38+,39+,43-,44-,46?,47-,48?,49-,51+/m1/s1. The molecule has 5 rings (SSSR count). The molecule has 0 spiro atoms. The third-order valence-corrected chi connectivity index (χ3v) is 13.9. The first kappa shape index (κ1) is 55.0. The fraction of sp³-hybridized carbons (Fsp3) is 0.588. The highest BCUT2D eigenvalue weighted by molar-refractivity contribution is 14.1. The number of likely N-dealkylation sites (N-methyl/N-ethyl adjacent to an activating group) is 1. The third-order valence-electron chi connectivity index (χ3n) is 13.1. The number of aromatic nitrogens is 3. The fourth-order valence-electron chi connectivity index (χ4n) is 9.13. The van der Waals surface area contributed by atoms with Crippen LogP contribution in [-0.4, -0.2) is 146 Å². The van der Waals surface area contributed by atoms with Crippen molar-refractivity contribution in [1.82, 2.24) is 24.8 Å². The first-order valence-corrected chi connectivity index (χ1v) is 24.9. The number of allylic oxidation sites excluding steroid dienone is 3. The van der Waals surface area contributed by atoms with E-state index in [4.69, 9.17) is 18.9 Å². The maximum Gasteiger partial charge on any atom is 0.338 e. The lowest BCUT2D eigenvalue weighted by atomic mass is 9.79. The summed E-state index contributed by atoms with van der Waals surface area (Å²) < 4.78 is 27.3. The molecular weight excluding hydrogens is 985 g/mol. The Bertz CT molecular complexity index is 2100. The van der Waals surface area contributed by atoms with E-state index >= 15 is 0 Å². The molecule has 3 aromatic rings. The Morgan fingerprint density at radius 3 is 2.37 bits per heavy atom. The summed E-state index contributed by atoms with van der Waals surface area (Å²) in [7, 11) is 3.52. The van der Waals surface area contributed by atoms with Crippen molar-refractivity contribution in [2.24, 2.45) is 23.7 Å². The van der Waals surface area contributed by atoms with E-state index in [2.05, 4.69) is 62.1 Å². The zero-order valence-electron chi connectivity index (χ0n) is 40.5. The first-order chi connectivity index (χ1) is 32.5. The summed E-state index contributed by atoms with van der Waals surface area (Å²) in [5.74, 6) is -3.16. The number of halogens is 1. The number of carbonyl (C=O) groups excluding carboxylic acids is 3. The van der Waals surface area contributed by atoms with E-state index in [1.165, 1.54) is 0 Å². The quantitative estimate of drug-likeness (QED) is 0.0994. The Labute approximate surface area is 414 Å². The first-order valence-electron chi connectivity index (χ1n) is 23.8. The number of hydrogen-bond donors (Lipinski definition) is 4. The lowest BCUT2D eigenvalue weighted by molar-refractivity contribution is -0.304. The SMILES string of the molecule is CC[C@H]1OC(=O)C[C@@H](O)[C@H](C)[C@@H](O[C@@H]2O[C@H](C)[C@@H](O)C(N(C)C)C2O)[C@@H](CCN(CCn2cc(COC(=O)c3ccccc3)nn2)Cc2ccc(I)cc2)C[C@@H](C)C(=O)/C=C/C(C)=C/[C@@H]1CCO. The van der Waals surface area contributed by atoms with E-state index in [1.807, 2.05) is 32.9 Å². The summed E-state index contributed by atoms with van der Waals surface area (Å²) in [6.07, 6.45) is 1.30. The second-order valence-corrected chi connectivity index (χ2v) is 19.9. The molecule has 2 unspecified atom stereocenters. The highest BCUT2D eigenvalue weighted by Crippen LogP contribution is 2.35. The van der Waals surface area contributed by atoms with Gasteiger partial charge in [-0.2, -0.15) is 0 Å². The summed E-state index contributed by atoms with van der Waals surface area (Å²) >= 11 is 2.28. The Kier molecular flexibility index (Phi) is 21.8. The number of aliphatic hydroxyl groups excluding tert-OH is 4. The van der Waals surface area contributed by atoms with Gasteiger partial charge in [0.1, 0.15) is 24.5 Å². The molecule has 2 aliphatic rings. The van der Waals surface area contributed by atoms with Gasteiger partial charge < -0.3 is 44.3 Å². The number of cyclic esters (lactones) is 1. The van der Waals surface area contributed by atoms with Crippen LogP contribution in [-0.2, 0) is 48.2 Å². The molecule has 1 aromatic heterocycles. The normalized spacial score (nSPS) is 30.2. The molecule has 1 fully saturated rings. The summed E-state index contributed by atoms with van der Waals surface area (Å²) in [5.41, 5.74) is 2.80. The number of rotatable bonds is 17. The number of carbonyl (C=O) groups is 3. The predicted molar refractivity (Wildman–Crippen MR) is 264 cm³/mol. The van der Waals surface area contributed by atoms with Gasteiger partial charge in [0.2, 0.25) is 0 Å². The largest absolute Gasteiger partial charge is 0.462 e. The van der Waals surface area contributed by atoms with Gasteiger partial charge in [-0.05, 0) is 125 Å². The maximum absolute atomic E-state index is 14.0. The van der Waals surface area contributed by atoms with Crippen molar-refractivity contribution in [2.75, 3.05) is 33.8 Å². The molecule has 68 heavy (non-hydrogen) atoms. The molecule has 1 saturated heterocycles. The topological polar surface area (TPSA) is 206 Å². The minimum atomic E-state index is -1.29. The van der Waals surface area contributed by atoms with Crippen molar-refractivity contribution in [3.05, 3.63) is 105 Å². The molecule has 4 N–H and O–H groups in total. The van der Waals surface area contributed by atoms with Crippen molar-refractivity contribution >= 4 is 40.3 Å². The molecule has 0 amide bonds. The van der Waals surface area contributed by atoms with Gasteiger partial charge in [0.05, 0.1) is 55.2 Å². The van der Waals surface area contributed by atoms with Crippen LogP contribution in [0, 0.1) is 27.2 Å². The van der Waals surface area contributed by atoms with Crippen LogP contribution in [0.15, 0.2) is 84.6 Å². The smallest absolute Gasteiger partial charge is 0.338 e. The lowest BCUT2D eigenvalue weighted by Gasteiger charge is -2.47. The number of aliphatic hydroxyl groups is 4. The molecule has 3 heterocycles. The van der Waals surface area contributed by atoms with Crippen LogP contribution in [0.2, 0.25) is 0 Å². The summed E-state index contributed by atoms with van der Waals surface area (Å²) in [5, 5.41) is 53.3. The van der Waals surface area contributed by atoms with Crippen molar-refractivity contribution in [2.45, 2.75) is 135 Å². The lowest BCUT2D eigenvalue weighted by Crippen LogP contribution is -2.63. The van der Waals surface area contributed by atoms with Crippen molar-refractivity contribution in [1.29, 1.82) is 0 Å². The van der Waals surface area contributed by atoms with Gasteiger partial charge >= 0.3 is 11.9 Å². The van der Waals surface area contributed by atoms with Crippen molar-refractivity contribution < 1.29 is 53.8 Å². The Hall–Kier alpha value is -3.92. The number of ether oxygens (including phenoxy) is 4. The molecule has 12 atom stereocenters. The number of ketones is 1. The van der Waals surface area contributed by atoms with Gasteiger partial charge in [-0.1, -0.05) is 74.0 Å². The van der Waals surface area contributed by atoms with Gasteiger partial charge in [0.15, 0.2) is 12.1 Å². The number of hydrogen-bond acceptors (Lipinski definition) is 15. The highest BCUT2D eigenvalue weighted by atomic mass is 127. The van der Waals surface area contributed by atoms with E-state index in [9.17, 15) is 34.8 Å². The van der Waals surface area contributed by atoms with Crippen LogP contribution >= 0.6 is 22.6 Å². The van der Waals surface area contributed by atoms with Gasteiger partial charge in [-0.25, -0.2) is 4.79 Å². The van der Waals surface area contributed by atoms with Crippen molar-refractivity contribution in [3.8, 4) is 0 Å². The van der Waals surface area contributed by atoms with Gasteiger partial charge in [0.25, 0.3) is 0 Å². The van der Waals surface area contributed by atoms with Gasteiger partial charge in [0, 0.05) is 41.0 Å². The molecule has 16 nitrogen and oxygen atoms in total. The van der Waals surface area contributed by atoms with E-state index in [0.29, 0.717) is 63.1 Å².